The van der Waals surface area contributed by atoms with Gasteiger partial charge in [-0.1, -0.05) is 33.8 Å². The number of hydrogen-bond acceptors (Lipinski definition) is 5. The zero-order valence-electron chi connectivity index (χ0n) is 24.6. The molecule has 0 bridgehead atoms. The van der Waals surface area contributed by atoms with Gasteiger partial charge < -0.3 is 10.1 Å². The van der Waals surface area contributed by atoms with Crippen molar-refractivity contribution in [1.82, 2.24) is 5.32 Å². The third-order valence-corrected chi connectivity index (χ3v) is 7.60. The number of Topliss-reactive ketones (excluding diaryl/α,β-unsaturated/α-hetero) is 3. The number of hydrogen-bond donors (Lipinski definition) is 1. The van der Waals surface area contributed by atoms with Crippen LogP contribution in [-0.4, -0.2) is 36.4 Å². The van der Waals surface area contributed by atoms with Crippen molar-refractivity contribution in [3.8, 4) is 5.75 Å². The van der Waals surface area contributed by atoms with E-state index < -0.39 is 23.6 Å². The summed E-state index contributed by atoms with van der Waals surface area (Å²) in [6, 6.07) is 8.00. The molecular weight excluding hydrogens is 528 g/mol. The Balaban J connectivity index is 1.69. The molecule has 0 aromatic heterocycles. The van der Waals surface area contributed by atoms with Gasteiger partial charge in [-0.25, -0.2) is 8.78 Å². The number of benzene rings is 2. The zero-order valence-corrected chi connectivity index (χ0v) is 24.6. The number of ketones is 3. The Morgan fingerprint density at radius 3 is 2.27 bits per heavy atom. The Morgan fingerprint density at radius 1 is 1.00 bits per heavy atom. The highest BCUT2D eigenvalue weighted by Crippen LogP contribution is 2.38. The Hall–Kier alpha value is -3.42. The van der Waals surface area contributed by atoms with E-state index in [4.69, 9.17) is 4.74 Å². The number of rotatable bonds is 15. The Bertz CT molecular complexity index is 1250. The quantitative estimate of drug-likeness (QED) is 0.269. The predicted octanol–water partition coefficient (Wildman–Crippen LogP) is 6.39. The van der Waals surface area contributed by atoms with E-state index in [1.165, 1.54) is 6.07 Å². The van der Waals surface area contributed by atoms with Gasteiger partial charge in [0.25, 0.3) is 0 Å². The molecule has 0 fully saturated rings. The molecule has 1 aliphatic carbocycles. The molecule has 41 heavy (non-hydrogen) atoms. The molecule has 0 heterocycles. The molecule has 3 rings (SSSR count). The fourth-order valence-electron chi connectivity index (χ4n) is 5.60. The summed E-state index contributed by atoms with van der Waals surface area (Å²) >= 11 is 0. The first-order chi connectivity index (χ1) is 19.4. The van der Waals surface area contributed by atoms with Crippen molar-refractivity contribution in [3.63, 3.8) is 0 Å². The fraction of sp³-hybridized carbons (Fsp3) is 0.515. The second-order valence-electron chi connectivity index (χ2n) is 11.9. The van der Waals surface area contributed by atoms with Gasteiger partial charge in [-0.05, 0) is 72.9 Å². The minimum Gasteiger partial charge on any atom is -0.497 e. The Labute approximate surface area is 241 Å². The van der Waals surface area contributed by atoms with Crippen LogP contribution >= 0.6 is 0 Å². The summed E-state index contributed by atoms with van der Waals surface area (Å²) in [5.74, 6) is -2.32. The van der Waals surface area contributed by atoms with Crippen LogP contribution in [0, 0.1) is 29.4 Å². The van der Waals surface area contributed by atoms with Gasteiger partial charge in [0, 0.05) is 42.7 Å². The van der Waals surface area contributed by atoms with Gasteiger partial charge in [0.05, 0.1) is 13.2 Å². The highest BCUT2D eigenvalue weighted by molar-refractivity contribution is 6.02. The maximum Gasteiger partial charge on any atom is 0.224 e. The highest BCUT2D eigenvalue weighted by Gasteiger charge is 2.33. The third kappa shape index (κ3) is 8.78. The minimum atomic E-state index is -0.825. The van der Waals surface area contributed by atoms with E-state index in [0.29, 0.717) is 24.2 Å². The molecule has 1 amide bonds. The summed E-state index contributed by atoms with van der Waals surface area (Å²) in [7, 11) is 1.54. The van der Waals surface area contributed by atoms with E-state index in [9.17, 15) is 28.0 Å². The minimum absolute atomic E-state index is 0.00294. The lowest BCUT2D eigenvalue weighted by molar-refractivity contribution is -0.133. The molecule has 2 aromatic rings. The summed E-state index contributed by atoms with van der Waals surface area (Å²) in [6.45, 7) is 7.77. The smallest absolute Gasteiger partial charge is 0.224 e. The molecule has 1 N–H and O–H groups in total. The summed E-state index contributed by atoms with van der Waals surface area (Å²) in [5, 5.41) is 2.86. The van der Waals surface area contributed by atoms with Crippen molar-refractivity contribution < 1.29 is 32.7 Å². The van der Waals surface area contributed by atoms with Crippen LogP contribution in [0.3, 0.4) is 0 Å². The molecule has 0 aliphatic heterocycles. The van der Waals surface area contributed by atoms with Crippen molar-refractivity contribution >= 4 is 23.3 Å². The van der Waals surface area contributed by atoms with Gasteiger partial charge in [-0.3, -0.25) is 19.2 Å². The van der Waals surface area contributed by atoms with Gasteiger partial charge in [-0.15, -0.1) is 0 Å². The molecular formula is C33H41F2NO5. The van der Waals surface area contributed by atoms with Crippen LogP contribution in [0.1, 0.15) is 93.6 Å². The maximum absolute atomic E-state index is 14.1. The van der Waals surface area contributed by atoms with Gasteiger partial charge in [0.2, 0.25) is 5.91 Å². The van der Waals surface area contributed by atoms with Crippen LogP contribution in [0.2, 0.25) is 0 Å². The van der Waals surface area contributed by atoms with Crippen LogP contribution < -0.4 is 10.1 Å². The summed E-state index contributed by atoms with van der Waals surface area (Å²) in [6.07, 6.45) is 0.963. The molecule has 1 unspecified atom stereocenters. The lowest BCUT2D eigenvalue weighted by Gasteiger charge is -2.24. The summed E-state index contributed by atoms with van der Waals surface area (Å²) in [5.41, 5.74) is 1.25. The molecule has 8 heteroatoms. The number of halogens is 2. The number of ether oxygens (including phenoxy) is 1. The Kier molecular flexibility index (Phi) is 11.3. The summed E-state index contributed by atoms with van der Waals surface area (Å²) < 4.78 is 33.5. The van der Waals surface area contributed by atoms with Crippen LogP contribution in [0.15, 0.2) is 36.4 Å². The molecule has 3 atom stereocenters. The molecule has 1 aliphatic rings. The van der Waals surface area contributed by atoms with E-state index >= 15 is 0 Å². The van der Waals surface area contributed by atoms with Crippen molar-refractivity contribution in [1.29, 1.82) is 0 Å². The number of carbonyl (C=O) groups is 4. The summed E-state index contributed by atoms with van der Waals surface area (Å²) in [4.78, 5) is 52.3. The predicted molar refractivity (Wildman–Crippen MR) is 153 cm³/mol. The molecule has 0 radical (unpaired) electrons. The van der Waals surface area contributed by atoms with Crippen molar-refractivity contribution in [3.05, 3.63) is 64.7 Å². The number of fused-ring (bicyclic) bond motifs is 1. The molecule has 0 spiro atoms. The number of amides is 1. The lowest BCUT2D eigenvalue weighted by Crippen LogP contribution is -2.45. The van der Waals surface area contributed by atoms with Gasteiger partial charge >= 0.3 is 0 Å². The second-order valence-corrected chi connectivity index (χ2v) is 11.9. The van der Waals surface area contributed by atoms with E-state index in [-0.39, 0.29) is 78.7 Å². The zero-order chi connectivity index (χ0) is 30.3. The molecule has 2 aromatic carbocycles. The monoisotopic (exact) mass is 569 g/mol. The van der Waals surface area contributed by atoms with Crippen molar-refractivity contribution in [2.45, 2.75) is 84.6 Å². The first-order valence-electron chi connectivity index (χ1n) is 14.4. The first-order valence-corrected chi connectivity index (χ1v) is 14.4. The Morgan fingerprint density at radius 2 is 1.66 bits per heavy atom. The lowest BCUT2D eigenvalue weighted by atomic mass is 9.87. The van der Waals surface area contributed by atoms with Crippen molar-refractivity contribution in [2.24, 2.45) is 17.8 Å². The second kappa shape index (κ2) is 14.5. The van der Waals surface area contributed by atoms with Crippen LogP contribution in [0.5, 0.6) is 5.75 Å². The fourth-order valence-corrected chi connectivity index (χ4v) is 5.60. The number of methoxy groups -OCH3 is 1. The third-order valence-electron chi connectivity index (χ3n) is 7.60. The van der Waals surface area contributed by atoms with E-state index in [0.717, 1.165) is 17.7 Å². The average Bonchev–Trinajstić information content (AvgIpc) is 3.20. The first kappa shape index (κ1) is 32.1. The molecule has 222 valence electrons. The van der Waals surface area contributed by atoms with Crippen LogP contribution in [0.25, 0.3) is 0 Å². The van der Waals surface area contributed by atoms with E-state index in [1.807, 2.05) is 27.7 Å². The topological polar surface area (TPSA) is 89.5 Å². The van der Waals surface area contributed by atoms with E-state index in [2.05, 4.69) is 5.32 Å². The molecule has 0 saturated carbocycles. The normalized spacial score (nSPS) is 16.0. The highest BCUT2D eigenvalue weighted by atomic mass is 19.1. The number of carbonyl (C=O) groups excluding carboxylic acids is 4. The van der Waals surface area contributed by atoms with E-state index in [1.54, 1.807) is 25.3 Å². The van der Waals surface area contributed by atoms with Gasteiger partial charge in [0.1, 0.15) is 23.2 Å². The van der Waals surface area contributed by atoms with Crippen LogP contribution in [-0.2, 0) is 20.8 Å². The maximum atomic E-state index is 14.1. The number of nitrogens with one attached hydrogen (secondary N) is 1. The van der Waals surface area contributed by atoms with Crippen molar-refractivity contribution in [2.75, 3.05) is 7.11 Å². The average molecular weight is 570 g/mol. The largest absolute Gasteiger partial charge is 0.497 e. The molecule has 0 saturated heterocycles. The molecule has 6 nitrogen and oxygen atoms in total. The SMILES string of the molecule is COc1ccc2c(c1)C(CC(=O)C[C@@H](CC(C)C)C(=O)N[C@@H](CC(C)C)C(=O)CCc1c(F)cccc1F)CC2=O. The van der Waals surface area contributed by atoms with Crippen LogP contribution in [0.4, 0.5) is 8.78 Å². The van der Waals surface area contributed by atoms with Gasteiger partial charge in [-0.2, -0.15) is 0 Å². The van der Waals surface area contributed by atoms with Gasteiger partial charge in [0.15, 0.2) is 11.6 Å². The standard InChI is InChI=1S/C33H41F2NO5/c1-19(2)13-22(16-23(37)15-21-17-32(39)25-10-9-24(41-5)18-27(21)25)33(40)36-30(14-20(3)4)31(38)12-11-26-28(34)7-6-8-29(26)35/h6-10,18-22,30H,11-17H2,1-5H3,(H,36,40)/t21?,22-,30+/m1/s1.